The number of rotatable bonds is 6. The van der Waals surface area contributed by atoms with Gasteiger partial charge in [0.2, 0.25) is 5.91 Å². The van der Waals surface area contributed by atoms with Gasteiger partial charge in [0.1, 0.15) is 5.82 Å². The zero-order valence-corrected chi connectivity index (χ0v) is 18.8. The molecule has 0 saturated carbocycles. The number of likely N-dealkylation sites (tertiary alicyclic amines) is 1. The summed E-state index contributed by atoms with van der Waals surface area (Å²) in [7, 11) is 0. The maximum absolute atomic E-state index is 13.2. The summed E-state index contributed by atoms with van der Waals surface area (Å²) in [5, 5.41) is 3.41. The predicted octanol–water partition coefficient (Wildman–Crippen LogP) is 3.24. The van der Waals surface area contributed by atoms with Crippen LogP contribution >= 0.6 is 0 Å². The van der Waals surface area contributed by atoms with E-state index in [9.17, 15) is 9.18 Å². The van der Waals surface area contributed by atoms with Crippen molar-refractivity contribution in [1.82, 2.24) is 15.1 Å². The molecule has 0 atom stereocenters. The summed E-state index contributed by atoms with van der Waals surface area (Å²) in [6.45, 7) is 8.56. The van der Waals surface area contributed by atoms with Crippen molar-refractivity contribution in [2.75, 3.05) is 44.2 Å². The van der Waals surface area contributed by atoms with Gasteiger partial charge in [0.15, 0.2) is 5.96 Å². The first-order chi connectivity index (χ1) is 15.6. The fourth-order valence-electron chi connectivity index (χ4n) is 4.26. The van der Waals surface area contributed by atoms with E-state index in [-0.39, 0.29) is 11.7 Å². The van der Waals surface area contributed by atoms with Gasteiger partial charge in [0.05, 0.1) is 6.54 Å². The average molecular weight is 438 g/mol. The first kappa shape index (κ1) is 22.1. The molecule has 0 spiro atoms. The Balaban J connectivity index is 1.33. The third-order valence-corrected chi connectivity index (χ3v) is 6.09. The van der Waals surface area contributed by atoms with Crippen molar-refractivity contribution in [2.45, 2.75) is 32.9 Å². The second kappa shape index (κ2) is 10.5. The van der Waals surface area contributed by atoms with Crippen molar-refractivity contribution in [3.8, 4) is 0 Å². The van der Waals surface area contributed by atoms with Crippen molar-refractivity contribution in [2.24, 2.45) is 4.99 Å². The van der Waals surface area contributed by atoms with Gasteiger partial charge in [0, 0.05) is 57.9 Å². The van der Waals surface area contributed by atoms with Crippen LogP contribution in [0.5, 0.6) is 0 Å². The number of nitrogens with one attached hydrogen (secondary N) is 1. The van der Waals surface area contributed by atoms with Crippen LogP contribution in [0.15, 0.2) is 53.5 Å². The third-order valence-electron chi connectivity index (χ3n) is 6.09. The van der Waals surface area contributed by atoms with E-state index in [4.69, 9.17) is 4.99 Å². The van der Waals surface area contributed by atoms with E-state index < -0.39 is 0 Å². The Morgan fingerprint density at radius 1 is 0.969 bits per heavy atom. The lowest BCUT2D eigenvalue weighted by Gasteiger charge is -2.37. The topological polar surface area (TPSA) is 51.2 Å². The van der Waals surface area contributed by atoms with E-state index in [0.717, 1.165) is 68.5 Å². The minimum atomic E-state index is -0.202. The van der Waals surface area contributed by atoms with Crippen LogP contribution in [0.25, 0.3) is 0 Å². The van der Waals surface area contributed by atoms with Gasteiger partial charge in [-0.05, 0) is 48.7 Å². The van der Waals surface area contributed by atoms with Gasteiger partial charge in [-0.3, -0.25) is 4.79 Å². The fraction of sp³-hybridized carbons (Fsp3) is 0.440. The number of guanidine groups is 1. The molecule has 1 amide bonds. The molecule has 0 bridgehead atoms. The molecule has 170 valence electrons. The molecule has 0 aliphatic carbocycles. The summed E-state index contributed by atoms with van der Waals surface area (Å²) in [6.07, 6.45) is 1.65. The summed E-state index contributed by atoms with van der Waals surface area (Å²) in [5.41, 5.74) is 3.38. The molecule has 0 aromatic heterocycles. The Morgan fingerprint density at radius 3 is 2.28 bits per heavy atom. The molecule has 2 heterocycles. The van der Waals surface area contributed by atoms with E-state index in [1.54, 1.807) is 0 Å². The average Bonchev–Trinajstić information content (AvgIpc) is 3.22. The van der Waals surface area contributed by atoms with Crippen LogP contribution in [0, 0.1) is 5.82 Å². The van der Waals surface area contributed by atoms with Gasteiger partial charge in [0.25, 0.3) is 0 Å². The Morgan fingerprint density at radius 2 is 1.66 bits per heavy atom. The largest absolute Gasteiger partial charge is 0.368 e. The Bertz CT molecular complexity index is 920. The predicted molar refractivity (Wildman–Crippen MR) is 126 cm³/mol. The molecule has 4 rings (SSSR count). The highest BCUT2D eigenvalue weighted by Crippen LogP contribution is 2.18. The molecule has 2 fully saturated rings. The Hall–Kier alpha value is -3.09. The molecule has 2 saturated heterocycles. The molecule has 2 aliphatic rings. The first-order valence-corrected chi connectivity index (χ1v) is 11.5. The van der Waals surface area contributed by atoms with E-state index in [1.807, 2.05) is 17.0 Å². The van der Waals surface area contributed by atoms with E-state index in [0.29, 0.717) is 19.5 Å². The second-order valence-electron chi connectivity index (χ2n) is 8.36. The molecule has 2 aromatic rings. The number of aliphatic imine (C=N–C) groups is 1. The minimum Gasteiger partial charge on any atom is -0.368 e. The van der Waals surface area contributed by atoms with E-state index in [1.165, 1.54) is 12.1 Å². The maximum atomic E-state index is 13.2. The maximum Gasteiger partial charge on any atom is 0.222 e. The molecule has 2 aliphatic heterocycles. The van der Waals surface area contributed by atoms with E-state index >= 15 is 0 Å². The smallest absolute Gasteiger partial charge is 0.222 e. The number of halogens is 1. The quantitative estimate of drug-likeness (QED) is 0.557. The van der Waals surface area contributed by atoms with Gasteiger partial charge in [-0.25, -0.2) is 9.38 Å². The normalized spacial score (nSPS) is 17.2. The van der Waals surface area contributed by atoms with Crippen LogP contribution in [0.2, 0.25) is 0 Å². The third kappa shape index (κ3) is 5.58. The molecule has 32 heavy (non-hydrogen) atoms. The first-order valence-electron chi connectivity index (χ1n) is 11.5. The number of carbonyl (C=O) groups excluding carboxylic acids is 1. The lowest BCUT2D eigenvalue weighted by Crippen LogP contribution is -2.52. The fourth-order valence-corrected chi connectivity index (χ4v) is 4.26. The van der Waals surface area contributed by atoms with Gasteiger partial charge < -0.3 is 20.0 Å². The summed E-state index contributed by atoms with van der Waals surface area (Å²) >= 11 is 0. The highest BCUT2D eigenvalue weighted by atomic mass is 19.1. The number of amides is 1. The van der Waals surface area contributed by atoms with Crippen LogP contribution in [0.1, 0.15) is 30.9 Å². The summed E-state index contributed by atoms with van der Waals surface area (Å²) in [5.74, 6) is 0.984. The molecule has 2 aromatic carbocycles. The number of anilines is 1. The number of hydrogen-bond donors (Lipinski definition) is 1. The molecule has 7 heteroatoms. The zero-order chi connectivity index (χ0) is 22.3. The number of benzene rings is 2. The standard InChI is InChI=1S/C25H32FN5O/c1-2-27-25(30-16-14-29(15-17-30)23-11-9-22(26)10-12-23)28-18-20-5-7-21(8-6-20)19-31-13-3-4-24(31)32/h5-12H,2-4,13-19H2,1H3,(H,27,28). The second-order valence-corrected chi connectivity index (χ2v) is 8.36. The SMILES string of the molecule is CCNC(=NCc1ccc(CN2CCCC2=O)cc1)N1CCN(c2ccc(F)cc2)CC1. The lowest BCUT2D eigenvalue weighted by molar-refractivity contribution is -0.128. The van der Waals surface area contributed by atoms with Crippen molar-refractivity contribution >= 4 is 17.6 Å². The van der Waals surface area contributed by atoms with Crippen LogP contribution in [0.4, 0.5) is 10.1 Å². The Labute approximate surface area is 189 Å². The van der Waals surface area contributed by atoms with Crippen LogP contribution in [-0.2, 0) is 17.9 Å². The molecule has 1 N–H and O–H groups in total. The van der Waals surface area contributed by atoms with Crippen LogP contribution < -0.4 is 10.2 Å². The molecular weight excluding hydrogens is 405 g/mol. The van der Waals surface area contributed by atoms with Crippen molar-refractivity contribution < 1.29 is 9.18 Å². The number of carbonyl (C=O) groups is 1. The number of hydrogen-bond acceptors (Lipinski definition) is 3. The van der Waals surface area contributed by atoms with Crippen molar-refractivity contribution in [3.63, 3.8) is 0 Å². The number of nitrogens with zero attached hydrogens (tertiary/aromatic N) is 4. The lowest BCUT2D eigenvalue weighted by atomic mass is 10.1. The van der Waals surface area contributed by atoms with E-state index in [2.05, 4.69) is 46.3 Å². The van der Waals surface area contributed by atoms with Crippen LogP contribution in [0.3, 0.4) is 0 Å². The highest BCUT2D eigenvalue weighted by Gasteiger charge is 2.21. The van der Waals surface area contributed by atoms with Gasteiger partial charge >= 0.3 is 0 Å². The van der Waals surface area contributed by atoms with Crippen molar-refractivity contribution in [1.29, 1.82) is 0 Å². The molecular formula is C25H32FN5O. The van der Waals surface area contributed by atoms with Gasteiger partial charge in [-0.2, -0.15) is 0 Å². The summed E-state index contributed by atoms with van der Waals surface area (Å²) < 4.78 is 13.2. The monoisotopic (exact) mass is 437 g/mol. The highest BCUT2D eigenvalue weighted by molar-refractivity contribution is 5.80. The van der Waals surface area contributed by atoms with Crippen molar-refractivity contribution in [3.05, 3.63) is 65.5 Å². The van der Waals surface area contributed by atoms with Gasteiger partial charge in [-0.15, -0.1) is 0 Å². The Kier molecular flexibility index (Phi) is 7.24. The summed E-state index contributed by atoms with van der Waals surface area (Å²) in [4.78, 5) is 23.2. The molecule has 6 nitrogen and oxygen atoms in total. The number of piperazine rings is 1. The molecule has 0 unspecified atom stereocenters. The van der Waals surface area contributed by atoms with Crippen LogP contribution in [-0.4, -0.2) is 60.9 Å². The minimum absolute atomic E-state index is 0.202. The van der Waals surface area contributed by atoms with Gasteiger partial charge in [-0.1, -0.05) is 24.3 Å². The zero-order valence-electron chi connectivity index (χ0n) is 18.8. The molecule has 0 radical (unpaired) electrons. The summed E-state index contributed by atoms with van der Waals surface area (Å²) in [6, 6.07) is 15.1.